The first kappa shape index (κ1) is 15.3. The highest BCUT2D eigenvalue weighted by Crippen LogP contribution is 2.31. The second-order valence-corrected chi connectivity index (χ2v) is 6.04. The number of aliphatic carboxylic acids is 1. The summed E-state index contributed by atoms with van der Waals surface area (Å²) in [5, 5.41) is 13.9. The molecule has 0 saturated carbocycles. The molecule has 1 aromatic heterocycles. The summed E-state index contributed by atoms with van der Waals surface area (Å²) < 4.78 is 1.52. The fourth-order valence-corrected chi connectivity index (χ4v) is 3.07. The molecular weight excluding hydrogens is 294 g/mol. The van der Waals surface area contributed by atoms with Crippen molar-refractivity contribution in [2.24, 2.45) is 7.05 Å². The van der Waals surface area contributed by atoms with Crippen LogP contribution in [0.1, 0.15) is 30.3 Å². The number of carbonyl (C=O) groups is 2. The molecular formula is C17H19N3O3. The van der Waals surface area contributed by atoms with E-state index in [1.54, 1.807) is 20.0 Å². The molecule has 0 spiro atoms. The topological polar surface area (TPSA) is 75.4 Å². The minimum Gasteiger partial charge on any atom is -0.480 e. The first-order valence-electron chi connectivity index (χ1n) is 7.58. The highest BCUT2D eigenvalue weighted by Gasteiger charge is 2.46. The number of carboxylic acids is 1. The Hall–Kier alpha value is -2.63. The minimum absolute atomic E-state index is 0.287. The maximum atomic E-state index is 12.8. The molecule has 0 unspecified atom stereocenters. The summed E-state index contributed by atoms with van der Waals surface area (Å²) in [5.74, 6) is -1.25. The van der Waals surface area contributed by atoms with Crippen LogP contribution in [0.25, 0.3) is 11.3 Å². The molecule has 1 fully saturated rings. The molecule has 1 aliphatic rings. The third-order valence-corrected chi connectivity index (χ3v) is 4.52. The maximum absolute atomic E-state index is 12.8. The number of amides is 1. The molecule has 120 valence electrons. The molecule has 0 radical (unpaired) electrons. The molecule has 6 nitrogen and oxygen atoms in total. The maximum Gasteiger partial charge on any atom is 0.329 e. The van der Waals surface area contributed by atoms with Crippen LogP contribution >= 0.6 is 0 Å². The minimum atomic E-state index is -1.14. The molecule has 1 atom stereocenters. The van der Waals surface area contributed by atoms with Crippen molar-refractivity contribution in [3.8, 4) is 11.3 Å². The SMILES string of the molecule is Cn1nc(-c2ccccc2)cc1C(=O)N1CCC[C@@]1(C)C(=O)O. The van der Waals surface area contributed by atoms with E-state index in [4.69, 9.17) is 0 Å². The molecule has 1 saturated heterocycles. The van der Waals surface area contributed by atoms with Crippen molar-refractivity contribution < 1.29 is 14.7 Å². The molecule has 3 rings (SSSR count). The Kier molecular flexibility index (Phi) is 3.67. The van der Waals surface area contributed by atoms with Crippen LogP contribution in [0, 0.1) is 0 Å². The second kappa shape index (κ2) is 5.53. The van der Waals surface area contributed by atoms with Crippen molar-refractivity contribution in [3.05, 3.63) is 42.1 Å². The van der Waals surface area contributed by atoms with Crippen LogP contribution in [0.3, 0.4) is 0 Å². The van der Waals surface area contributed by atoms with E-state index in [0.29, 0.717) is 30.8 Å². The van der Waals surface area contributed by atoms with Gasteiger partial charge in [-0.2, -0.15) is 5.10 Å². The first-order valence-corrected chi connectivity index (χ1v) is 7.58. The van der Waals surface area contributed by atoms with Crippen LogP contribution in [0.2, 0.25) is 0 Å². The normalized spacial score (nSPS) is 20.7. The Morgan fingerprint density at radius 3 is 2.61 bits per heavy atom. The number of likely N-dealkylation sites (tertiary alicyclic amines) is 1. The Morgan fingerprint density at radius 1 is 1.26 bits per heavy atom. The monoisotopic (exact) mass is 313 g/mol. The Labute approximate surface area is 134 Å². The fraction of sp³-hybridized carbons (Fsp3) is 0.353. The molecule has 1 aliphatic heterocycles. The van der Waals surface area contributed by atoms with Crippen LogP contribution < -0.4 is 0 Å². The van der Waals surface area contributed by atoms with Crippen molar-refractivity contribution in [3.63, 3.8) is 0 Å². The van der Waals surface area contributed by atoms with Crippen LogP contribution in [0.15, 0.2) is 36.4 Å². The molecule has 6 heteroatoms. The van der Waals surface area contributed by atoms with Gasteiger partial charge in [0.15, 0.2) is 0 Å². The summed E-state index contributed by atoms with van der Waals surface area (Å²) in [6.45, 7) is 2.06. The quantitative estimate of drug-likeness (QED) is 0.942. The van der Waals surface area contributed by atoms with E-state index in [2.05, 4.69) is 5.10 Å². The number of aryl methyl sites for hydroxylation is 1. The number of hydrogen-bond acceptors (Lipinski definition) is 3. The number of rotatable bonds is 3. The number of benzene rings is 1. The lowest BCUT2D eigenvalue weighted by atomic mass is 9.99. The zero-order chi connectivity index (χ0) is 16.6. The lowest BCUT2D eigenvalue weighted by Gasteiger charge is -2.31. The van der Waals surface area contributed by atoms with E-state index >= 15 is 0 Å². The molecule has 0 bridgehead atoms. The summed E-state index contributed by atoms with van der Waals surface area (Å²) >= 11 is 0. The third kappa shape index (κ3) is 2.50. The molecule has 1 N–H and O–H groups in total. The summed E-state index contributed by atoms with van der Waals surface area (Å²) in [7, 11) is 1.70. The molecule has 0 aliphatic carbocycles. The molecule has 2 heterocycles. The number of hydrogen-bond donors (Lipinski definition) is 1. The van der Waals surface area contributed by atoms with Gasteiger partial charge in [-0.25, -0.2) is 4.79 Å². The zero-order valence-corrected chi connectivity index (χ0v) is 13.2. The van der Waals surface area contributed by atoms with Gasteiger partial charge in [-0.15, -0.1) is 0 Å². The van der Waals surface area contributed by atoms with Crippen LogP contribution in [0.5, 0.6) is 0 Å². The number of nitrogens with zero attached hydrogens (tertiary/aromatic N) is 3. The van der Waals surface area contributed by atoms with Gasteiger partial charge in [-0.3, -0.25) is 9.48 Å². The smallest absolute Gasteiger partial charge is 0.329 e. The number of carbonyl (C=O) groups excluding carboxylic acids is 1. The van der Waals surface area contributed by atoms with Gasteiger partial charge >= 0.3 is 5.97 Å². The van der Waals surface area contributed by atoms with Crippen molar-refractivity contribution >= 4 is 11.9 Å². The summed E-state index contributed by atoms with van der Waals surface area (Å²) in [6, 6.07) is 11.3. The van der Waals surface area contributed by atoms with Crippen molar-refractivity contribution in [2.75, 3.05) is 6.54 Å². The van der Waals surface area contributed by atoms with Crippen LogP contribution in [-0.2, 0) is 11.8 Å². The standard InChI is InChI=1S/C17H19N3O3/c1-17(16(22)23)9-6-10-20(17)15(21)14-11-13(18-19(14)2)12-7-4-3-5-8-12/h3-5,7-8,11H,6,9-10H2,1-2H3,(H,22,23)/t17-/m0/s1. The van der Waals surface area contributed by atoms with Crippen LogP contribution in [0.4, 0.5) is 0 Å². The average molecular weight is 313 g/mol. The van der Waals surface area contributed by atoms with Gasteiger partial charge in [0.05, 0.1) is 5.69 Å². The predicted molar refractivity (Wildman–Crippen MR) is 85.0 cm³/mol. The van der Waals surface area contributed by atoms with Crippen molar-refractivity contribution in [1.29, 1.82) is 0 Å². The highest BCUT2D eigenvalue weighted by atomic mass is 16.4. The van der Waals surface area contributed by atoms with Crippen LogP contribution in [-0.4, -0.2) is 43.7 Å². The highest BCUT2D eigenvalue weighted by molar-refractivity contribution is 5.97. The summed E-state index contributed by atoms with van der Waals surface area (Å²) in [4.78, 5) is 25.8. The molecule has 1 aromatic carbocycles. The lowest BCUT2D eigenvalue weighted by Crippen LogP contribution is -2.51. The lowest BCUT2D eigenvalue weighted by molar-refractivity contribution is -0.147. The predicted octanol–water partition coefficient (Wildman–Crippen LogP) is 2.17. The first-order chi connectivity index (χ1) is 10.9. The average Bonchev–Trinajstić information content (AvgIpc) is 3.12. The van der Waals surface area contributed by atoms with E-state index in [1.165, 1.54) is 9.58 Å². The van der Waals surface area contributed by atoms with Gasteiger partial charge < -0.3 is 10.0 Å². The molecule has 23 heavy (non-hydrogen) atoms. The van der Waals surface area contributed by atoms with E-state index < -0.39 is 11.5 Å². The zero-order valence-electron chi connectivity index (χ0n) is 13.2. The van der Waals surface area contributed by atoms with Gasteiger partial charge in [-0.1, -0.05) is 30.3 Å². The Bertz CT molecular complexity index is 754. The van der Waals surface area contributed by atoms with Crippen molar-refractivity contribution in [2.45, 2.75) is 25.3 Å². The van der Waals surface area contributed by atoms with Crippen molar-refractivity contribution in [1.82, 2.24) is 14.7 Å². The Morgan fingerprint density at radius 2 is 1.96 bits per heavy atom. The second-order valence-electron chi connectivity index (χ2n) is 6.04. The largest absolute Gasteiger partial charge is 0.480 e. The van der Waals surface area contributed by atoms with E-state index in [9.17, 15) is 14.7 Å². The van der Waals surface area contributed by atoms with Gasteiger partial charge in [0.25, 0.3) is 5.91 Å². The van der Waals surface area contributed by atoms with Gasteiger partial charge in [0.1, 0.15) is 11.2 Å². The molecule has 2 aromatic rings. The van der Waals surface area contributed by atoms with E-state index in [0.717, 1.165) is 5.56 Å². The fourth-order valence-electron chi connectivity index (χ4n) is 3.07. The summed E-state index contributed by atoms with van der Waals surface area (Å²) in [6.07, 6.45) is 1.16. The molecule has 1 amide bonds. The van der Waals surface area contributed by atoms with Gasteiger partial charge in [0.2, 0.25) is 0 Å². The third-order valence-electron chi connectivity index (χ3n) is 4.52. The number of carboxylic acid groups (broad SMARTS) is 1. The van der Waals surface area contributed by atoms with E-state index in [1.807, 2.05) is 30.3 Å². The van der Waals surface area contributed by atoms with Gasteiger partial charge in [0, 0.05) is 19.2 Å². The summed E-state index contributed by atoms with van der Waals surface area (Å²) in [5.41, 5.74) is 0.879. The Balaban J connectivity index is 1.95. The number of aromatic nitrogens is 2. The van der Waals surface area contributed by atoms with Gasteiger partial charge in [-0.05, 0) is 25.8 Å². The van der Waals surface area contributed by atoms with E-state index in [-0.39, 0.29) is 5.91 Å².